The zero-order valence-corrected chi connectivity index (χ0v) is 15.0. The van der Waals surface area contributed by atoms with Crippen molar-refractivity contribution in [3.05, 3.63) is 65.7 Å². The van der Waals surface area contributed by atoms with Gasteiger partial charge in [0.25, 0.3) is 5.91 Å². The lowest BCUT2D eigenvalue weighted by Crippen LogP contribution is -2.52. The topological polar surface area (TPSA) is 62.3 Å². The number of carbonyl (C=O) groups is 2. The van der Waals surface area contributed by atoms with Gasteiger partial charge in [0.2, 0.25) is 5.91 Å². The third-order valence-corrected chi connectivity index (χ3v) is 5.54. The van der Waals surface area contributed by atoms with Gasteiger partial charge in [-0.1, -0.05) is 12.1 Å². The molecule has 140 valence electrons. The quantitative estimate of drug-likeness (QED) is 0.904. The molecule has 2 aliphatic rings. The molecule has 4 rings (SSSR count). The first-order valence-corrected chi connectivity index (χ1v) is 9.36. The van der Waals surface area contributed by atoms with E-state index in [1.165, 1.54) is 12.1 Å². The fourth-order valence-electron chi connectivity index (χ4n) is 4.39. The van der Waals surface area contributed by atoms with Gasteiger partial charge < -0.3 is 10.2 Å². The maximum Gasteiger partial charge on any atom is 0.251 e. The fourth-order valence-corrected chi connectivity index (χ4v) is 4.39. The lowest BCUT2D eigenvalue weighted by molar-refractivity contribution is -0.135. The molecule has 1 aromatic heterocycles. The number of nitrogens with one attached hydrogen (secondary N) is 1. The molecule has 2 bridgehead atoms. The average Bonchev–Trinajstić information content (AvgIpc) is 2.93. The molecule has 2 aliphatic heterocycles. The molecular formula is C21H22FN3O2. The molecule has 2 atom stereocenters. The van der Waals surface area contributed by atoms with Crippen molar-refractivity contribution in [2.45, 2.75) is 50.2 Å². The van der Waals surface area contributed by atoms with Crippen LogP contribution in [0.25, 0.3) is 0 Å². The highest BCUT2D eigenvalue weighted by molar-refractivity contribution is 5.94. The van der Waals surface area contributed by atoms with Gasteiger partial charge in [0.1, 0.15) is 5.82 Å². The third-order valence-electron chi connectivity index (χ3n) is 5.54. The molecule has 2 fully saturated rings. The van der Waals surface area contributed by atoms with E-state index in [0.29, 0.717) is 11.1 Å². The highest BCUT2D eigenvalue weighted by Gasteiger charge is 2.43. The highest BCUT2D eigenvalue weighted by atomic mass is 19.1. The summed E-state index contributed by atoms with van der Waals surface area (Å²) in [6, 6.07) is 9.97. The van der Waals surface area contributed by atoms with Crippen LogP contribution in [0.5, 0.6) is 0 Å². The van der Waals surface area contributed by atoms with Crippen LogP contribution in [0.1, 0.15) is 41.6 Å². The minimum atomic E-state index is -0.319. The zero-order chi connectivity index (χ0) is 18.8. The maximum absolute atomic E-state index is 13.4. The molecule has 5 nitrogen and oxygen atoms in total. The second kappa shape index (κ2) is 7.47. The molecule has 6 heteroatoms. The van der Waals surface area contributed by atoms with Crippen LogP contribution in [0.4, 0.5) is 4.39 Å². The maximum atomic E-state index is 13.4. The van der Waals surface area contributed by atoms with Crippen LogP contribution in [0.2, 0.25) is 0 Å². The van der Waals surface area contributed by atoms with Crippen LogP contribution < -0.4 is 5.32 Å². The minimum absolute atomic E-state index is 0.0482. The lowest BCUT2D eigenvalue weighted by atomic mass is 9.96. The summed E-state index contributed by atoms with van der Waals surface area (Å²) in [5.41, 5.74) is 1.30. The Kier molecular flexibility index (Phi) is 4.88. The largest absolute Gasteiger partial charge is 0.349 e. The first-order valence-electron chi connectivity index (χ1n) is 9.36. The molecule has 1 aromatic carbocycles. The van der Waals surface area contributed by atoms with Crippen LogP contribution in [-0.4, -0.2) is 39.8 Å². The number of aromatic nitrogens is 1. The Morgan fingerprint density at radius 3 is 2.48 bits per heavy atom. The number of amides is 2. The van der Waals surface area contributed by atoms with E-state index >= 15 is 0 Å². The number of pyridine rings is 1. The monoisotopic (exact) mass is 367 g/mol. The summed E-state index contributed by atoms with van der Waals surface area (Å²) < 4.78 is 13.4. The van der Waals surface area contributed by atoms with Crippen LogP contribution in [0, 0.1) is 5.82 Å². The molecule has 27 heavy (non-hydrogen) atoms. The summed E-state index contributed by atoms with van der Waals surface area (Å²) in [5, 5.41) is 3.10. The van der Waals surface area contributed by atoms with E-state index in [2.05, 4.69) is 10.3 Å². The average molecular weight is 367 g/mol. The number of hydrogen-bond acceptors (Lipinski definition) is 3. The minimum Gasteiger partial charge on any atom is -0.349 e. The summed E-state index contributed by atoms with van der Waals surface area (Å²) in [5.74, 6) is -0.367. The molecule has 2 saturated heterocycles. The molecule has 2 aromatic rings. The van der Waals surface area contributed by atoms with Gasteiger partial charge in [0.15, 0.2) is 0 Å². The number of rotatable bonds is 4. The Hall–Kier alpha value is -2.76. The SMILES string of the molecule is O=C(NC1CC2CCC(C1)N2C(=O)Cc1cccc(F)c1)c1ccncc1. The third kappa shape index (κ3) is 3.84. The Labute approximate surface area is 157 Å². The van der Waals surface area contributed by atoms with Gasteiger partial charge in [0.05, 0.1) is 6.42 Å². The van der Waals surface area contributed by atoms with Crippen molar-refractivity contribution in [1.29, 1.82) is 0 Å². The van der Waals surface area contributed by atoms with Crippen molar-refractivity contribution in [2.75, 3.05) is 0 Å². The van der Waals surface area contributed by atoms with Crippen LogP contribution in [0.3, 0.4) is 0 Å². The predicted molar refractivity (Wildman–Crippen MR) is 98.5 cm³/mol. The van der Waals surface area contributed by atoms with Crippen LogP contribution in [0.15, 0.2) is 48.8 Å². The molecule has 2 amide bonds. The summed E-state index contributed by atoms with van der Waals surface area (Å²) >= 11 is 0. The van der Waals surface area contributed by atoms with Gasteiger partial charge in [-0.05, 0) is 55.5 Å². The number of piperidine rings is 1. The second-order valence-electron chi connectivity index (χ2n) is 7.37. The number of benzene rings is 1. The van der Waals surface area contributed by atoms with Crippen molar-refractivity contribution < 1.29 is 14.0 Å². The van der Waals surface area contributed by atoms with Crippen molar-refractivity contribution in [2.24, 2.45) is 0 Å². The van der Waals surface area contributed by atoms with Gasteiger partial charge in [-0.25, -0.2) is 4.39 Å². The van der Waals surface area contributed by atoms with E-state index in [9.17, 15) is 14.0 Å². The normalized spacial score (nSPS) is 23.9. The first kappa shape index (κ1) is 17.6. The molecular weight excluding hydrogens is 345 g/mol. The van der Waals surface area contributed by atoms with E-state index < -0.39 is 0 Å². The van der Waals surface area contributed by atoms with Gasteiger partial charge in [-0.2, -0.15) is 0 Å². The smallest absolute Gasteiger partial charge is 0.251 e. The number of hydrogen-bond donors (Lipinski definition) is 1. The predicted octanol–water partition coefficient (Wildman–Crippen LogP) is 2.72. The van der Waals surface area contributed by atoms with Crippen molar-refractivity contribution in [3.8, 4) is 0 Å². The molecule has 3 heterocycles. The Morgan fingerprint density at radius 2 is 1.81 bits per heavy atom. The summed E-state index contributed by atoms with van der Waals surface area (Å²) in [6.45, 7) is 0. The van der Waals surface area contributed by atoms with Crippen LogP contribution >= 0.6 is 0 Å². The zero-order valence-electron chi connectivity index (χ0n) is 15.0. The fraction of sp³-hybridized carbons (Fsp3) is 0.381. The summed E-state index contributed by atoms with van der Waals surface area (Å²) in [6.07, 6.45) is 6.88. The van der Waals surface area contributed by atoms with E-state index in [4.69, 9.17) is 0 Å². The van der Waals surface area contributed by atoms with Gasteiger partial charge in [-0.3, -0.25) is 14.6 Å². The number of nitrogens with zero attached hydrogens (tertiary/aromatic N) is 2. The molecule has 0 aliphatic carbocycles. The molecule has 0 radical (unpaired) electrons. The first-order chi connectivity index (χ1) is 13.1. The van der Waals surface area contributed by atoms with Crippen molar-refractivity contribution in [1.82, 2.24) is 15.2 Å². The summed E-state index contributed by atoms with van der Waals surface area (Å²) in [4.78, 5) is 31.1. The number of carbonyl (C=O) groups excluding carboxylic acids is 2. The Morgan fingerprint density at radius 1 is 1.11 bits per heavy atom. The molecule has 2 unspecified atom stereocenters. The van der Waals surface area contributed by atoms with Gasteiger partial charge in [-0.15, -0.1) is 0 Å². The Balaban J connectivity index is 1.38. The van der Waals surface area contributed by atoms with Gasteiger partial charge >= 0.3 is 0 Å². The van der Waals surface area contributed by atoms with Gasteiger partial charge in [0, 0.05) is 36.1 Å². The number of halogens is 1. The number of fused-ring (bicyclic) bond motifs is 2. The summed E-state index contributed by atoms with van der Waals surface area (Å²) in [7, 11) is 0. The lowest BCUT2D eigenvalue weighted by Gasteiger charge is -2.39. The van der Waals surface area contributed by atoms with E-state index in [0.717, 1.165) is 25.7 Å². The van der Waals surface area contributed by atoms with Crippen LogP contribution in [-0.2, 0) is 11.2 Å². The highest BCUT2D eigenvalue weighted by Crippen LogP contribution is 2.36. The molecule has 0 spiro atoms. The second-order valence-corrected chi connectivity index (χ2v) is 7.37. The molecule has 1 N–H and O–H groups in total. The van der Waals surface area contributed by atoms with E-state index in [1.54, 1.807) is 36.7 Å². The van der Waals surface area contributed by atoms with Crippen molar-refractivity contribution >= 4 is 11.8 Å². The van der Waals surface area contributed by atoms with E-state index in [-0.39, 0.29) is 42.2 Å². The Bertz CT molecular complexity index is 828. The van der Waals surface area contributed by atoms with Crippen molar-refractivity contribution in [3.63, 3.8) is 0 Å². The standard InChI is InChI=1S/C21H22FN3O2/c22-16-3-1-2-14(10-16)11-20(26)25-18-4-5-19(25)13-17(12-18)24-21(27)15-6-8-23-9-7-15/h1-3,6-10,17-19H,4-5,11-13H2,(H,24,27). The molecule has 0 saturated carbocycles. The van der Waals surface area contributed by atoms with E-state index in [1.807, 2.05) is 4.90 Å².